The average molecular weight is 268 g/mol. The lowest BCUT2D eigenvalue weighted by molar-refractivity contribution is -0.902. The number of thiocarbonyl (C=S) groups is 1. The number of anilines is 1. The number of hydrogen-bond donors (Lipinski definition) is 2. The molecule has 0 bridgehead atoms. The number of halogens is 1. The van der Waals surface area contributed by atoms with Crippen molar-refractivity contribution in [1.82, 2.24) is 4.90 Å². The average Bonchev–Trinajstić information content (AvgIpc) is 2.41. The molecule has 0 radical (unpaired) electrons. The summed E-state index contributed by atoms with van der Waals surface area (Å²) < 4.78 is 12.8. The fraction of sp³-hybridized carbons (Fsp3) is 0.462. The quantitative estimate of drug-likeness (QED) is 0.772. The van der Waals surface area contributed by atoms with Gasteiger partial charge in [0, 0.05) is 5.69 Å². The Hall–Kier alpha value is -1.20. The molecule has 0 spiro atoms. The summed E-state index contributed by atoms with van der Waals surface area (Å²) in [7, 11) is 0. The van der Waals surface area contributed by atoms with Crippen molar-refractivity contribution < 1.29 is 9.29 Å². The van der Waals surface area contributed by atoms with E-state index in [1.54, 1.807) is 17.0 Å². The second-order valence-corrected chi connectivity index (χ2v) is 4.91. The van der Waals surface area contributed by atoms with Crippen LogP contribution in [0.2, 0.25) is 0 Å². The van der Waals surface area contributed by atoms with Gasteiger partial charge in [-0.2, -0.15) is 0 Å². The minimum absolute atomic E-state index is 0.230. The third-order valence-corrected chi connectivity index (χ3v) is 3.71. The van der Waals surface area contributed by atoms with Crippen LogP contribution in [0.25, 0.3) is 0 Å². The number of nitrogens with one attached hydrogen (secondary N) is 2. The number of piperazine rings is 1. The molecule has 1 aliphatic heterocycles. The van der Waals surface area contributed by atoms with Crippen LogP contribution in [0.3, 0.4) is 0 Å². The number of nitrogens with zero attached hydrogens (tertiary/aromatic N) is 1. The highest BCUT2D eigenvalue weighted by Crippen LogP contribution is 2.09. The van der Waals surface area contributed by atoms with Crippen LogP contribution in [0.5, 0.6) is 0 Å². The van der Waals surface area contributed by atoms with E-state index in [0.29, 0.717) is 0 Å². The maximum Gasteiger partial charge on any atom is 0.173 e. The van der Waals surface area contributed by atoms with E-state index in [0.717, 1.165) is 37.0 Å². The van der Waals surface area contributed by atoms with E-state index < -0.39 is 0 Å². The van der Waals surface area contributed by atoms with Crippen molar-refractivity contribution in [3.63, 3.8) is 0 Å². The number of hydrogen-bond acceptors (Lipinski definition) is 1. The Kier molecular flexibility index (Phi) is 4.49. The first-order chi connectivity index (χ1) is 8.69. The van der Waals surface area contributed by atoms with E-state index in [9.17, 15) is 4.39 Å². The van der Waals surface area contributed by atoms with Crippen molar-refractivity contribution in [3.05, 3.63) is 30.1 Å². The van der Waals surface area contributed by atoms with E-state index in [1.807, 2.05) is 0 Å². The number of likely N-dealkylation sites (N-methyl/N-ethyl adjacent to an activating group) is 1. The first-order valence-corrected chi connectivity index (χ1v) is 6.75. The van der Waals surface area contributed by atoms with Crippen LogP contribution in [-0.4, -0.2) is 42.7 Å². The van der Waals surface area contributed by atoms with Crippen LogP contribution in [-0.2, 0) is 0 Å². The lowest BCUT2D eigenvalue weighted by Crippen LogP contribution is -3.14. The third kappa shape index (κ3) is 3.40. The number of rotatable bonds is 2. The topological polar surface area (TPSA) is 19.7 Å². The first kappa shape index (κ1) is 13.2. The normalized spacial score (nSPS) is 16.7. The predicted octanol–water partition coefficient (Wildman–Crippen LogP) is 0.743. The molecule has 1 aliphatic rings. The van der Waals surface area contributed by atoms with Gasteiger partial charge in [-0.1, -0.05) is 0 Å². The zero-order valence-electron chi connectivity index (χ0n) is 10.6. The highest BCUT2D eigenvalue weighted by Gasteiger charge is 2.20. The van der Waals surface area contributed by atoms with Gasteiger partial charge in [-0.25, -0.2) is 4.39 Å². The van der Waals surface area contributed by atoms with Gasteiger partial charge in [-0.15, -0.1) is 0 Å². The summed E-state index contributed by atoms with van der Waals surface area (Å²) in [5.41, 5.74) is 0.840. The van der Waals surface area contributed by atoms with Crippen LogP contribution in [0.4, 0.5) is 10.1 Å². The Morgan fingerprint density at radius 3 is 2.50 bits per heavy atom. The Morgan fingerprint density at radius 2 is 1.94 bits per heavy atom. The van der Waals surface area contributed by atoms with E-state index in [2.05, 4.69) is 17.1 Å². The largest absolute Gasteiger partial charge is 0.338 e. The molecule has 18 heavy (non-hydrogen) atoms. The summed E-state index contributed by atoms with van der Waals surface area (Å²) in [6.45, 7) is 7.60. The molecule has 0 aliphatic carbocycles. The molecular formula is C13H19FN3S+. The zero-order valence-corrected chi connectivity index (χ0v) is 11.4. The monoisotopic (exact) mass is 268 g/mol. The fourth-order valence-electron chi connectivity index (χ4n) is 2.12. The summed E-state index contributed by atoms with van der Waals surface area (Å²) in [6, 6.07) is 6.28. The van der Waals surface area contributed by atoms with Gasteiger partial charge < -0.3 is 15.1 Å². The van der Waals surface area contributed by atoms with Crippen molar-refractivity contribution >= 4 is 23.0 Å². The molecule has 1 heterocycles. The molecule has 1 aromatic rings. The summed E-state index contributed by atoms with van der Waals surface area (Å²) in [5.74, 6) is -0.230. The molecule has 0 atom stereocenters. The maximum absolute atomic E-state index is 12.8. The lowest BCUT2D eigenvalue weighted by atomic mass is 10.3. The van der Waals surface area contributed by atoms with Gasteiger partial charge in [0.15, 0.2) is 5.11 Å². The van der Waals surface area contributed by atoms with Crippen LogP contribution < -0.4 is 10.2 Å². The first-order valence-electron chi connectivity index (χ1n) is 6.34. The van der Waals surface area contributed by atoms with E-state index in [-0.39, 0.29) is 5.82 Å². The van der Waals surface area contributed by atoms with E-state index in [4.69, 9.17) is 12.2 Å². The molecule has 2 N–H and O–H groups in total. The van der Waals surface area contributed by atoms with Crippen LogP contribution in [0, 0.1) is 5.82 Å². The van der Waals surface area contributed by atoms with Crippen molar-refractivity contribution in [3.8, 4) is 0 Å². The van der Waals surface area contributed by atoms with Crippen LogP contribution in [0.15, 0.2) is 24.3 Å². The minimum Gasteiger partial charge on any atom is -0.338 e. The predicted molar refractivity (Wildman–Crippen MR) is 75.4 cm³/mol. The molecule has 0 saturated carbocycles. The Balaban J connectivity index is 1.87. The summed E-state index contributed by atoms with van der Waals surface area (Å²) >= 11 is 5.38. The zero-order chi connectivity index (χ0) is 13.0. The Labute approximate surface area is 113 Å². The highest BCUT2D eigenvalue weighted by molar-refractivity contribution is 7.80. The van der Waals surface area contributed by atoms with Crippen LogP contribution >= 0.6 is 12.2 Å². The lowest BCUT2D eigenvalue weighted by Gasteiger charge is -2.33. The SMILES string of the molecule is CC[NH+]1CCN(C(=S)Nc2ccc(F)cc2)CC1. The molecule has 1 aromatic carbocycles. The molecule has 98 valence electrons. The Bertz CT molecular complexity index is 399. The second-order valence-electron chi connectivity index (χ2n) is 4.53. The molecule has 5 heteroatoms. The molecule has 1 saturated heterocycles. The maximum atomic E-state index is 12.8. The van der Waals surface area contributed by atoms with Gasteiger partial charge in [-0.3, -0.25) is 0 Å². The smallest absolute Gasteiger partial charge is 0.173 e. The van der Waals surface area contributed by atoms with Crippen molar-refractivity contribution in [1.29, 1.82) is 0 Å². The minimum atomic E-state index is -0.230. The molecular weight excluding hydrogens is 249 g/mol. The molecule has 0 aromatic heterocycles. The molecule has 2 rings (SSSR count). The van der Waals surface area contributed by atoms with Crippen molar-refractivity contribution in [2.45, 2.75) is 6.92 Å². The summed E-state index contributed by atoms with van der Waals surface area (Å²) in [6.07, 6.45) is 0. The van der Waals surface area contributed by atoms with Gasteiger partial charge >= 0.3 is 0 Å². The van der Waals surface area contributed by atoms with Gasteiger partial charge in [0.2, 0.25) is 0 Å². The van der Waals surface area contributed by atoms with Crippen LogP contribution in [0.1, 0.15) is 6.92 Å². The molecule has 1 fully saturated rings. The molecule has 3 nitrogen and oxygen atoms in total. The van der Waals surface area contributed by atoms with Crippen molar-refractivity contribution in [2.75, 3.05) is 38.0 Å². The summed E-state index contributed by atoms with van der Waals surface area (Å²) in [4.78, 5) is 3.80. The molecule has 0 amide bonds. The standard InChI is InChI=1S/C13H18FN3S/c1-2-16-7-9-17(10-8-16)13(18)15-12-5-3-11(14)4-6-12/h3-6H,2,7-10H2,1H3,(H,15,18)/p+1. The highest BCUT2D eigenvalue weighted by atomic mass is 32.1. The van der Waals surface area contributed by atoms with Gasteiger partial charge in [0.05, 0.1) is 32.7 Å². The second kappa shape index (κ2) is 6.11. The molecule has 0 unspecified atom stereocenters. The Morgan fingerprint density at radius 1 is 1.33 bits per heavy atom. The van der Waals surface area contributed by atoms with E-state index >= 15 is 0 Å². The third-order valence-electron chi connectivity index (χ3n) is 3.35. The number of benzene rings is 1. The van der Waals surface area contributed by atoms with Crippen molar-refractivity contribution in [2.24, 2.45) is 0 Å². The number of quaternary nitrogens is 1. The van der Waals surface area contributed by atoms with Gasteiger partial charge in [0.1, 0.15) is 5.82 Å². The van der Waals surface area contributed by atoms with Gasteiger partial charge in [0.25, 0.3) is 0 Å². The van der Waals surface area contributed by atoms with Gasteiger partial charge in [-0.05, 0) is 43.4 Å². The fourth-order valence-corrected chi connectivity index (χ4v) is 2.42. The van der Waals surface area contributed by atoms with E-state index in [1.165, 1.54) is 18.7 Å². The summed E-state index contributed by atoms with van der Waals surface area (Å²) in [5, 5.41) is 3.89.